The number of hydrogen-bond acceptors (Lipinski definition) is 8. The first-order chi connectivity index (χ1) is 17.7. The number of rotatable bonds is 7. The summed E-state index contributed by atoms with van der Waals surface area (Å²) in [6.07, 6.45) is 6.95. The van der Waals surface area contributed by atoms with E-state index in [2.05, 4.69) is 35.8 Å². The van der Waals surface area contributed by atoms with Crippen LogP contribution in [0.15, 0.2) is 30.7 Å². The number of anilines is 2. The van der Waals surface area contributed by atoms with E-state index in [4.69, 9.17) is 14.5 Å². The minimum atomic E-state index is -0.364. The van der Waals surface area contributed by atoms with Crippen molar-refractivity contribution in [1.82, 2.24) is 24.4 Å². The number of imidazole rings is 1. The fourth-order valence-electron chi connectivity index (χ4n) is 5.27. The third-order valence-corrected chi connectivity index (χ3v) is 7.45. The number of ether oxygens (including phenoxy) is 2. The molecule has 0 bridgehead atoms. The molecule has 2 saturated heterocycles. The van der Waals surface area contributed by atoms with Crippen LogP contribution >= 0.6 is 0 Å². The molecule has 0 amide bonds. The fraction of sp³-hybridized carbons (Fsp3) is 0.500. The Bertz CT molecular complexity index is 1220. The molecule has 9 nitrogen and oxygen atoms in total. The Labute approximate surface area is 210 Å². The van der Waals surface area contributed by atoms with Crippen LogP contribution in [0.2, 0.25) is 0 Å². The topological polar surface area (TPSA) is 80.6 Å². The zero-order valence-electron chi connectivity index (χ0n) is 20.6. The van der Waals surface area contributed by atoms with Gasteiger partial charge in [-0.3, -0.25) is 0 Å². The highest BCUT2D eigenvalue weighted by Crippen LogP contribution is 2.38. The van der Waals surface area contributed by atoms with Gasteiger partial charge in [0.1, 0.15) is 18.8 Å². The van der Waals surface area contributed by atoms with Crippen molar-refractivity contribution in [3.63, 3.8) is 0 Å². The minimum absolute atomic E-state index is 0.238. The highest BCUT2D eigenvalue weighted by molar-refractivity contribution is 5.66. The molecule has 190 valence electrons. The first-order valence-electron chi connectivity index (χ1n) is 12.8. The molecule has 5 heterocycles. The molecule has 1 aromatic carbocycles. The van der Waals surface area contributed by atoms with Crippen LogP contribution in [0.5, 0.6) is 11.5 Å². The van der Waals surface area contributed by atoms with Crippen LogP contribution in [0.3, 0.4) is 0 Å². The van der Waals surface area contributed by atoms with Gasteiger partial charge in [0.05, 0.1) is 19.3 Å². The van der Waals surface area contributed by atoms with Crippen molar-refractivity contribution >= 4 is 11.6 Å². The monoisotopic (exact) mass is 493 g/mol. The number of nitrogens with zero attached hydrogens (tertiary/aromatic N) is 6. The largest absolute Gasteiger partial charge is 0.494 e. The molecule has 3 aromatic rings. The van der Waals surface area contributed by atoms with E-state index in [1.54, 1.807) is 18.5 Å². The normalized spacial score (nSPS) is 18.2. The molecule has 0 atom stereocenters. The van der Waals surface area contributed by atoms with E-state index < -0.39 is 0 Å². The Hall–Kier alpha value is -3.40. The van der Waals surface area contributed by atoms with Crippen LogP contribution < -0.4 is 19.7 Å². The summed E-state index contributed by atoms with van der Waals surface area (Å²) in [4.78, 5) is 18.7. The van der Waals surface area contributed by atoms with Crippen molar-refractivity contribution in [1.29, 1.82) is 0 Å². The van der Waals surface area contributed by atoms with E-state index in [0.717, 1.165) is 80.0 Å². The van der Waals surface area contributed by atoms with E-state index in [1.165, 1.54) is 32.7 Å². The molecular weight excluding hydrogens is 461 g/mol. The number of halogens is 1. The van der Waals surface area contributed by atoms with Gasteiger partial charge in [-0.2, -0.15) is 0 Å². The number of nitrogens with one attached hydrogen (secondary N) is 1. The lowest BCUT2D eigenvalue weighted by molar-refractivity contribution is 0.173. The molecule has 3 aliphatic heterocycles. The third kappa shape index (κ3) is 4.45. The average molecular weight is 494 g/mol. The predicted molar refractivity (Wildman–Crippen MR) is 135 cm³/mol. The summed E-state index contributed by atoms with van der Waals surface area (Å²) < 4.78 is 27.4. The Balaban J connectivity index is 1.23. The molecule has 2 fully saturated rings. The van der Waals surface area contributed by atoms with E-state index in [1.807, 2.05) is 0 Å². The lowest BCUT2D eigenvalue weighted by Gasteiger charge is -2.34. The van der Waals surface area contributed by atoms with E-state index in [-0.39, 0.29) is 11.6 Å². The summed E-state index contributed by atoms with van der Waals surface area (Å²) >= 11 is 0. The highest BCUT2D eigenvalue weighted by atomic mass is 19.1. The number of fused-ring (bicyclic) bond motifs is 1. The van der Waals surface area contributed by atoms with Crippen LogP contribution in [0.25, 0.3) is 11.3 Å². The number of methoxy groups -OCH3 is 1. The van der Waals surface area contributed by atoms with Gasteiger partial charge in [0.2, 0.25) is 5.75 Å². The summed E-state index contributed by atoms with van der Waals surface area (Å²) in [7, 11) is 1.49. The van der Waals surface area contributed by atoms with Crippen LogP contribution in [-0.4, -0.2) is 77.4 Å². The second kappa shape index (κ2) is 9.93. The Morgan fingerprint density at radius 2 is 2.00 bits per heavy atom. The summed E-state index contributed by atoms with van der Waals surface area (Å²) in [5.41, 5.74) is 1.73. The van der Waals surface area contributed by atoms with Gasteiger partial charge in [-0.1, -0.05) is 0 Å². The molecule has 0 aliphatic carbocycles. The lowest BCUT2D eigenvalue weighted by atomic mass is 9.95. The first-order valence-corrected chi connectivity index (χ1v) is 12.8. The molecule has 0 saturated carbocycles. The number of hydrogen-bond donors (Lipinski definition) is 1. The maximum absolute atomic E-state index is 14.0. The zero-order valence-corrected chi connectivity index (χ0v) is 20.6. The first kappa shape index (κ1) is 23.0. The molecule has 36 heavy (non-hydrogen) atoms. The number of piperidine rings is 1. The fourth-order valence-corrected chi connectivity index (χ4v) is 5.27. The Morgan fingerprint density at radius 3 is 2.78 bits per heavy atom. The van der Waals surface area contributed by atoms with Crippen LogP contribution in [0, 0.1) is 5.82 Å². The molecule has 6 rings (SSSR count). The van der Waals surface area contributed by atoms with Gasteiger partial charge in [0.25, 0.3) is 0 Å². The van der Waals surface area contributed by atoms with Crippen molar-refractivity contribution < 1.29 is 13.9 Å². The maximum atomic E-state index is 14.0. The molecule has 2 aromatic heterocycles. The van der Waals surface area contributed by atoms with Crippen molar-refractivity contribution in [2.45, 2.75) is 31.7 Å². The van der Waals surface area contributed by atoms with Crippen LogP contribution in [-0.2, 0) is 6.54 Å². The van der Waals surface area contributed by atoms with Crippen molar-refractivity contribution in [2.75, 3.05) is 63.2 Å². The van der Waals surface area contributed by atoms with E-state index in [9.17, 15) is 4.39 Å². The highest BCUT2D eigenvalue weighted by Gasteiger charge is 2.29. The quantitative estimate of drug-likeness (QED) is 0.537. The predicted octanol–water partition coefficient (Wildman–Crippen LogP) is 3.38. The maximum Gasteiger partial charge on any atom is 0.204 e. The SMILES string of the molecule is COc1cc(-c2cn(CCN3CCC3)c(C3CCN(c4ncnc5c4OCCN5)CC3)n2)ccc1F. The summed E-state index contributed by atoms with van der Waals surface area (Å²) in [5, 5.41) is 3.29. The van der Waals surface area contributed by atoms with Gasteiger partial charge in [-0.25, -0.2) is 19.3 Å². The van der Waals surface area contributed by atoms with Gasteiger partial charge in [-0.05, 0) is 50.6 Å². The Kier molecular flexibility index (Phi) is 6.35. The molecular formula is C26H32FN7O2. The third-order valence-electron chi connectivity index (χ3n) is 7.45. The second-order valence-corrected chi connectivity index (χ2v) is 9.63. The number of aromatic nitrogens is 4. The molecule has 0 spiro atoms. The summed E-state index contributed by atoms with van der Waals surface area (Å²) in [6, 6.07) is 4.96. The molecule has 0 radical (unpaired) electrons. The van der Waals surface area contributed by atoms with Crippen LogP contribution in [0.4, 0.5) is 16.0 Å². The number of benzene rings is 1. The minimum Gasteiger partial charge on any atom is -0.494 e. The number of likely N-dealkylation sites (tertiary alicyclic amines) is 1. The van der Waals surface area contributed by atoms with Crippen LogP contribution in [0.1, 0.15) is 31.0 Å². The molecule has 10 heteroatoms. The smallest absolute Gasteiger partial charge is 0.204 e. The van der Waals surface area contributed by atoms with Gasteiger partial charge in [0, 0.05) is 43.9 Å². The molecule has 0 unspecified atom stereocenters. The van der Waals surface area contributed by atoms with Gasteiger partial charge in [-0.15, -0.1) is 0 Å². The lowest BCUT2D eigenvalue weighted by Crippen LogP contribution is -2.39. The molecule has 1 N–H and O–H groups in total. The standard InChI is InChI=1S/C26H32FN7O2/c1-35-22-15-19(3-4-20(22)27)21-16-34(13-12-32-8-2-9-32)25(31-21)18-5-10-33(11-6-18)26-23-24(29-17-30-26)28-7-14-36-23/h3-4,15-18H,2,5-14H2,1H3,(H,28,29,30). The average Bonchev–Trinajstić information content (AvgIpc) is 3.32. The van der Waals surface area contributed by atoms with Crippen molar-refractivity contribution in [2.24, 2.45) is 0 Å². The summed E-state index contributed by atoms with van der Waals surface area (Å²) in [5.74, 6) is 3.71. The van der Waals surface area contributed by atoms with E-state index in [0.29, 0.717) is 12.5 Å². The van der Waals surface area contributed by atoms with Crippen molar-refractivity contribution in [3.05, 3.63) is 42.4 Å². The zero-order chi connectivity index (χ0) is 24.5. The van der Waals surface area contributed by atoms with Gasteiger partial charge >= 0.3 is 0 Å². The van der Waals surface area contributed by atoms with E-state index >= 15 is 0 Å². The second-order valence-electron chi connectivity index (χ2n) is 9.63. The van der Waals surface area contributed by atoms with Gasteiger partial charge in [0.15, 0.2) is 23.2 Å². The van der Waals surface area contributed by atoms with Crippen molar-refractivity contribution in [3.8, 4) is 22.8 Å². The summed E-state index contributed by atoms with van der Waals surface area (Å²) in [6.45, 7) is 7.39. The Morgan fingerprint density at radius 1 is 1.14 bits per heavy atom. The van der Waals surface area contributed by atoms with Gasteiger partial charge < -0.3 is 29.2 Å². The molecule has 3 aliphatic rings.